The minimum atomic E-state index is -0.724. The number of ether oxygens (including phenoxy) is 1. The van der Waals surface area contributed by atoms with Gasteiger partial charge in [0, 0.05) is 11.3 Å². The van der Waals surface area contributed by atoms with Crippen LogP contribution < -0.4 is 10.6 Å². The molecule has 6 heteroatoms. The van der Waals surface area contributed by atoms with Gasteiger partial charge in [-0.1, -0.05) is 38.1 Å². The first-order chi connectivity index (χ1) is 13.3. The van der Waals surface area contributed by atoms with Gasteiger partial charge in [0.2, 0.25) is 5.91 Å². The Morgan fingerprint density at radius 3 is 2.39 bits per heavy atom. The first-order valence-corrected chi connectivity index (χ1v) is 9.28. The number of hydrogen-bond donors (Lipinski definition) is 2. The molecule has 2 aromatic rings. The Morgan fingerprint density at radius 2 is 1.75 bits per heavy atom. The third-order valence-corrected chi connectivity index (χ3v) is 4.27. The van der Waals surface area contributed by atoms with Gasteiger partial charge in [-0.25, -0.2) is 4.79 Å². The Bertz CT molecular complexity index is 861. The van der Waals surface area contributed by atoms with Crippen LogP contribution >= 0.6 is 0 Å². The molecule has 148 valence electrons. The minimum absolute atomic E-state index is 0.124. The van der Waals surface area contributed by atoms with Crippen LogP contribution in [0.2, 0.25) is 0 Å². The molecule has 1 unspecified atom stereocenters. The summed E-state index contributed by atoms with van der Waals surface area (Å²) in [6, 6.07) is 13.0. The van der Waals surface area contributed by atoms with E-state index in [-0.39, 0.29) is 24.3 Å². The van der Waals surface area contributed by atoms with Crippen LogP contribution in [-0.2, 0) is 9.53 Å². The topological polar surface area (TPSA) is 84.5 Å². The molecule has 0 saturated heterocycles. The van der Waals surface area contributed by atoms with Crippen molar-refractivity contribution in [3.05, 3.63) is 65.2 Å². The van der Waals surface area contributed by atoms with Crippen molar-refractivity contribution in [2.24, 2.45) is 5.92 Å². The van der Waals surface area contributed by atoms with Gasteiger partial charge in [0.05, 0.1) is 12.2 Å². The second kappa shape index (κ2) is 9.69. The number of anilines is 1. The highest BCUT2D eigenvalue weighted by Crippen LogP contribution is 2.15. The lowest BCUT2D eigenvalue weighted by molar-refractivity contribution is -0.118. The second-order valence-electron chi connectivity index (χ2n) is 6.80. The Balaban J connectivity index is 2.13. The number of hydrogen-bond acceptors (Lipinski definition) is 4. The molecule has 0 heterocycles. The first-order valence-electron chi connectivity index (χ1n) is 9.28. The fourth-order valence-electron chi connectivity index (χ4n) is 2.74. The highest BCUT2D eigenvalue weighted by Gasteiger charge is 2.25. The average molecular weight is 382 g/mol. The third-order valence-electron chi connectivity index (χ3n) is 4.27. The monoisotopic (exact) mass is 382 g/mol. The number of aryl methyl sites for hydroxylation is 1. The number of benzene rings is 2. The Labute approximate surface area is 165 Å². The van der Waals surface area contributed by atoms with Gasteiger partial charge in [-0.3, -0.25) is 9.59 Å². The molecule has 0 aromatic heterocycles. The number of esters is 1. The number of amides is 2. The van der Waals surface area contributed by atoms with Gasteiger partial charge in [0.25, 0.3) is 5.91 Å². The summed E-state index contributed by atoms with van der Waals surface area (Å²) in [7, 11) is 0. The number of rotatable bonds is 7. The van der Waals surface area contributed by atoms with Gasteiger partial charge in [0.1, 0.15) is 6.04 Å². The molecule has 0 fully saturated rings. The fourth-order valence-corrected chi connectivity index (χ4v) is 2.74. The van der Waals surface area contributed by atoms with Crippen molar-refractivity contribution in [1.29, 1.82) is 0 Å². The van der Waals surface area contributed by atoms with Gasteiger partial charge in [0.15, 0.2) is 0 Å². The molecule has 0 aliphatic carbocycles. The average Bonchev–Trinajstić information content (AvgIpc) is 2.66. The molecular formula is C22H26N2O4. The van der Waals surface area contributed by atoms with Gasteiger partial charge in [-0.15, -0.1) is 0 Å². The summed E-state index contributed by atoms with van der Waals surface area (Å²) >= 11 is 0. The molecule has 0 aliphatic rings. The lowest BCUT2D eigenvalue weighted by Gasteiger charge is -2.22. The highest BCUT2D eigenvalue weighted by atomic mass is 16.5. The van der Waals surface area contributed by atoms with Gasteiger partial charge >= 0.3 is 5.97 Å². The molecule has 6 nitrogen and oxygen atoms in total. The number of carbonyl (C=O) groups excluding carboxylic acids is 3. The maximum Gasteiger partial charge on any atom is 0.338 e. The molecule has 0 bridgehead atoms. The fraction of sp³-hybridized carbons (Fsp3) is 0.318. The summed E-state index contributed by atoms with van der Waals surface area (Å²) in [5.41, 5.74) is 2.19. The molecule has 2 amide bonds. The highest BCUT2D eigenvalue weighted by molar-refractivity contribution is 6.02. The second-order valence-corrected chi connectivity index (χ2v) is 6.80. The lowest BCUT2D eigenvalue weighted by atomic mass is 10.0. The molecule has 2 rings (SSSR count). The smallest absolute Gasteiger partial charge is 0.338 e. The summed E-state index contributed by atoms with van der Waals surface area (Å²) < 4.78 is 4.98. The van der Waals surface area contributed by atoms with Crippen molar-refractivity contribution in [2.45, 2.75) is 33.7 Å². The maximum atomic E-state index is 12.8. The molecular weight excluding hydrogens is 356 g/mol. The summed E-state index contributed by atoms with van der Waals surface area (Å²) in [5.74, 6) is -1.22. The van der Waals surface area contributed by atoms with Crippen molar-refractivity contribution in [1.82, 2.24) is 5.32 Å². The molecule has 0 saturated carbocycles. The molecule has 0 spiro atoms. The molecule has 0 aliphatic heterocycles. The Kier molecular flexibility index (Phi) is 7.32. The van der Waals surface area contributed by atoms with E-state index in [1.165, 1.54) is 0 Å². The number of carbonyl (C=O) groups is 3. The summed E-state index contributed by atoms with van der Waals surface area (Å²) in [6.07, 6.45) is 0. The SMILES string of the molecule is CCOC(=O)c1cccc(NC(=O)C(NC(=O)c2ccccc2C)C(C)C)c1. The van der Waals surface area contributed by atoms with Crippen molar-refractivity contribution in [3.63, 3.8) is 0 Å². The van der Waals surface area contributed by atoms with Crippen LogP contribution in [0.15, 0.2) is 48.5 Å². The Hall–Kier alpha value is -3.15. The largest absolute Gasteiger partial charge is 0.462 e. The van der Waals surface area contributed by atoms with Crippen molar-refractivity contribution in [3.8, 4) is 0 Å². The van der Waals surface area contributed by atoms with Gasteiger partial charge in [-0.2, -0.15) is 0 Å². The maximum absolute atomic E-state index is 12.8. The molecule has 28 heavy (non-hydrogen) atoms. The third kappa shape index (κ3) is 5.42. The van der Waals surface area contributed by atoms with Crippen LogP contribution in [0.1, 0.15) is 47.1 Å². The standard InChI is InChI=1S/C22H26N2O4/c1-5-28-22(27)16-10-8-11-17(13-16)23-21(26)19(14(2)3)24-20(25)18-12-7-6-9-15(18)4/h6-14,19H,5H2,1-4H3,(H,23,26)(H,24,25). The summed E-state index contributed by atoms with van der Waals surface area (Å²) in [6.45, 7) is 7.57. The van der Waals surface area contributed by atoms with Crippen molar-refractivity contribution in [2.75, 3.05) is 11.9 Å². The zero-order chi connectivity index (χ0) is 20.7. The molecule has 1 atom stereocenters. The quantitative estimate of drug-likeness (QED) is 0.717. The predicted molar refractivity (Wildman–Crippen MR) is 108 cm³/mol. The Morgan fingerprint density at radius 1 is 1.04 bits per heavy atom. The number of nitrogens with one attached hydrogen (secondary N) is 2. The first kappa shape index (κ1) is 21.2. The van der Waals surface area contributed by atoms with Crippen LogP contribution in [0.3, 0.4) is 0 Å². The summed E-state index contributed by atoms with van der Waals surface area (Å²) in [5, 5.41) is 5.58. The lowest BCUT2D eigenvalue weighted by Crippen LogP contribution is -2.47. The zero-order valence-corrected chi connectivity index (χ0v) is 16.6. The van der Waals surface area contributed by atoms with Crippen LogP contribution in [-0.4, -0.2) is 30.4 Å². The van der Waals surface area contributed by atoms with E-state index in [9.17, 15) is 14.4 Å². The van der Waals surface area contributed by atoms with E-state index in [0.717, 1.165) is 5.56 Å². The van der Waals surface area contributed by atoms with E-state index >= 15 is 0 Å². The van der Waals surface area contributed by atoms with E-state index in [0.29, 0.717) is 16.8 Å². The van der Waals surface area contributed by atoms with Gasteiger partial charge in [-0.05, 0) is 49.6 Å². The van der Waals surface area contributed by atoms with Crippen LogP contribution in [0, 0.1) is 12.8 Å². The van der Waals surface area contributed by atoms with E-state index in [1.807, 2.05) is 32.9 Å². The molecule has 2 aromatic carbocycles. The van der Waals surface area contributed by atoms with Crippen LogP contribution in [0.5, 0.6) is 0 Å². The van der Waals surface area contributed by atoms with Crippen molar-refractivity contribution < 1.29 is 19.1 Å². The van der Waals surface area contributed by atoms with E-state index < -0.39 is 12.0 Å². The van der Waals surface area contributed by atoms with Crippen molar-refractivity contribution >= 4 is 23.5 Å². The zero-order valence-electron chi connectivity index (χ0n) is 16.6. The van der Waals surface area contributed by atoms with Gasteiger partial charge < -0.3 is 15.4 Å². The van der Waals surface area contributed by atoms with Crippen LogP contribution in [0.4, 0.5) is 5.69 Å². The van der Waals surface area contributed by atoms with E-state index in [1.54, 1.807) is 43.3 Å². The molecule has 0 radical (unpaired) electrons. The molecule has 2 N–H and O–H groups in total. The van der Waals surface area contributed by atoms with Crippen LogP contribution in [0.25, 0.3) is 0 Å². The summed E-state index contributed by atoms with van der Waals surface area (Å²) in [4.78, 5) is 37.2. The minimum Gasteiger partial charge on any atom is -0.462 e. The normalized spacial score (nSPS) is 11.6. The van der Waals surface area contributed by atoms with E-state index in [4.69, 9.17) is 4.74 Å². The predicted octanol–water partition coefficient (Wildman–Crippen LogP) is 3.56. The van der Waals surface area contributed by atoms with E-state index in [2.05, 4.69) is 10.6 Å².